The van der Waals surface area contributed by atoms with E-state index >= 15 is 0 Å². The predicted octanol–water partition coefficient (Wildman–Crippen LogP) is 5.42. The van der Waals surface area contributed by atoms with Gasteiger partial charge in [-0.05, 0) is 49.4 Å². The fourth-order valence-electron chi connectivity index (χ4n) is 3.11. The molecule has 13 heteroatoms. The average Bonchev–Trinajstić information content (AvgIpc) is 3.33. The molecule has 4 rings (SSSR count). The van der Waals surface area contributed by atoms with Crippen LogP contribution in [0.25, 0.3) is 11.4 Å². The van der Waals surface area contributed by atoms with Crippen molar-refractivity contribution in [3.63, 3.8) is 0 Å². The summed E-state index contributed by atoms with van der Waals surface area (Å²) in [6.07, 6.45) is -3.25. The Morgan fingerprint density at radius 2 is 1.86 bits per heavy atom. The molecule has 0 saturated heterocycles. The summed E-state index contributed by atoms with van der Waals surface area (Å²) in [5.74, 6) is 0.261. The number of methoxy groups -OCH3 is 1. The molecular weight excluding hydrogens is 497 g/mol. The number of hydrogen-bond acceptors (Lipinski definition) is 9. The average molecular weight is 517 g/mol. The van der Waals surface area contributed by atoms with Crippen molar-refractivity contribution in [1.29, 1.82) is 0 Å². The first kappa shape index (κ1) is 24.9. The highest BCUT2D eigenvalue weighted by atomic mass is 32.1. The third-order valence-electron chi connectivity index (χ3n) is 4.76. The first-order valence-corrected chi connectivity index (χ1v) is 11.3. The van der Waals surface area contributed by atoms with Gasteiger partial charge in [0, 0.05) is 34.4 Å². The lowest BCUT2D eigenvalue weighted by molar-refractivity contribution is -0.138. The van der Waals surface area contributed by atoms with Crippen molar-refractivity contribution in [2.45, 2.75) is 13.1 Å². The Morgan fingerprint density at radius 3 is 2.56 bits per heavy atom. The minimum absolute atomic E-state index is 0.0590. The van der Waals surface area contributed by atoms with Crippen LogP contribution < -0.4 is 20.1 Å². The Morgan fingerprint density at radius 1 is 1.08 bits per heavy atom. The number of amides is 1. The van der Waals surface area contributed by atoms with Gasteiger partial charge < -0.3 is 14.8 Å². The van der Waals surface area contributed by atoms with Gasteiger partial charge in [0.2, 0.25) is 11.0 Å². The van der Waals surface area contributed by atoms with Gasteiger partial charge in [-0.25, -0.2) is 9.97 Å². The van der Waals surface area contributed by atoms with Crippen LogP contribution in [-0.2, 0) is 6.18 Å². The summed E-state index contributed by atoms with van der Waals surface area (Å²) in [5.41, 5.74) is 0.259. The van der Waals surface area contributed by atoms with Crippen molar-refractivity contribution in [2.75, 3.05) is 24.4 Å². The van der Waals surface area contributed by atoms with Crippen LogP contribution in [0.3, 0.4) is 0 Å². The highest BCUT2D eigenvalue weighted by Gasteiger charge is 2.35. The molecule has 2 N–H and O–H groups in total. The van der Waals surface area contributed by atoms with E-state index in [-0.39, 0.29) is 28.9 Å². The molecule has 186 valence electrons. The minimum atomic E-state index is -4.60. The molecule has 0 spiro atoms. The van der Waals surface area contributed by atoms with E-state index in [0.29, 0.717) is 22.9 Å². The Bertz CT molecular complexity index is 1360. The molecule has 0 fully saturated rings. The number of rotatable bonds is 8. The fraction of sp³-hybridized carbons (Fsp3) is 0.174. The molecule has 0 aliphatic carbocycles. The van der Waals surface area contributed by atoms with Crippen LogP contribution in [0.4, 0.5) is 29.8 Å². The van der Waals surface area contributed by atoms with E-state index in [4.69, 9.17) is 9.47 Å². The second kappa shape index (κ2) is 10.6. The van der Waals surface area contributed by atoms with Crippen LogP contribution >= 0.6 is 11.5 Å². The van der Waals surface area contributed by atoms with E-state index in [0.717, 1.165) is 17.6 Å². The van der Waals surface area contributed by atoms with Crippen molar-refractivity contribution < 1.29 is 27.4 Å². The molecule has 2 aromatic heterocycles. The first-order chi connectivity index (χ1) is 17.3. The maximum Gasteiger partial charge on any atom is 0.419 e. The van der Waals surface area contributed by atoms with Crippen LogP contribution in [-0.4, -0.2) is 38.9 Å². The number of aromatic nitrogens is 4. The second-order valence-corrected chi connectivity index (χ2v) is 7.92. The Labute approximate surface area is 207 Å². The molecule has 0 aliphatic rings. The van der Waals surface area contributed by atoms with E-state index < -0.39 is 17.6 Å². The Hall–Kier alpha value is -4.26. The van der Waals surface area contributed by atoms with Gasteiger partial charge in [0.25, 0.3) is 5.91 Å². The second-order valence-electron chi connectivity index (χ2n) is 7.17. The molecule has 0 bridgehead atoms. The highest BCUT2D eigenvalue weighted by molar-refractivity contribution is 7.10. The van der Waals surface area contributed by atoms with Gasteiger partial charge in [0.15, 0.2) is 5.82 Å². The normalized spacial score (nSPS) is 11.1. The van der Waals surface area contributed by atoms with Crippen molar-refractivity contribution in [3.05, 3.63) is 66.0 Å². The van der Waals surface area contributed by atoms with Crippen LogP contribution in [0, 0.1) is 0 Å². The number of anilines is 3. The summed E-state index contributed by atoms with van der Waals surface area (Å²) < 4.78 is 54.5. The lowest BCUT2D eigenvalue weighted by atomic mass is 10.1. The highest BCUT2D eigenvalue weighted by Crippen LogP contribution is 2.38. The standard InChI is InChI=1S/C23H19F3N6O3S/c1-3-35-17-9-6-14(10-16(17)23(24,25)26)20-30-22(36-32-20)31-21(33)13-4-7-15(8-5-13)29-18-11-19(34-2)28-12-27-18/h4-12H,3H2,1-2H3,(H,27,28,29)(H,30,31,32,33). The largest absolute Gasteiger partial charge is 0.493 e. The zero-order chi connectivity index (χ0) is 25.7. The molecule has 0 aliphatic heterocycles. The predicted molar refractivity (Wildman–Crippen MR) is 128 cm³/mol. The van der Waals surface area contributed by atoms with Crippen molar-refractivity contribution in [2.24, 2.45) is 0 Å². The quantitative estimate of drug-likeness (QED) is 0.320. The molecule has 2 heterocycles. The minimum Gasteiger partial charge on any atom is -0.493 e. The lowest BCUT2D eigenvalue weighted by Gasteiger charge is -2.13. The number of hydrogen-bond donors (Lipinski definition) is 2. The van der Waals surface area contributed by atoms with Crippen LogP contribution in [0.5, 0.6) is 11.6 Å². The van der Waals surface area contributed by atoms with Crippen molar-refractivity contribution in [1.82, 2.24) is 19.3 Å². The number of halogens is 3. The summed E-state index contributed by atoms with van der Waals surface area (Å²) in [6, 6.07) is 11.8. The summed E-state index contributed by atoms with van der Waals surface area (Å²) >= 11 is 0.860. The van der Waals surface area contributed by atoms with Crippen LogP contribution in [0.2, 0.25) is 0 Å². The maximum atomic E-state index is 13.4. The molecule has 0 saturated carbocycles. The van der Waals surface area contributed by atoms with E-state index in [1.807, 2.05) is 0 Å². The molecule has 4 aromatic rings. The van der Waals surface area contributed by atoms with Gasteiger partial charge in [-0.15, -0.1) is 0 Å². The molecule has 0 radical (unpaired) electrons. The monoisotopic (exact) mass is 516 g/mol. The number of ether oxygens (including phenoxy) is 2. The van der Waals surface area contributed by atoms with Gasteiger partial charge in [-0.2, -0.15) is 22.5 Å². The third kappa shape index (κ3) is 5.86. The number of benzene rings is 2. The van der Waals surface area contributed by atoms with Gasteiger partial charge >= 0.3 is 6.18 Å². The summed E-state index contributed by atoms with van der Waals surface area (Å²) in [5, 5.41) is 5.83. The Kier molecular flexibility index (Phi) is 7.29. The maximum absolute atomic E-state index is 13.4. The lowest BCUT2D eigenvalue weighted by Crippen LogP contribution is -2.11. The number of nitrogens with zero attached hydrogens (tertiary/aromatic N) is 4. The van der Waals surface area contributed by atoms with Crippen molar-refractivity contribution >= 4 is 34.1 Å². The van der Waals surface area contributed by atoms with E-state index in [1.54, 1.807) is 37.3 Å². The zero-order valence-corrected chi connectivity index (χ0v) is 19.8. The topological polar surface area (TPSA) is 111 Å². The molecule has 0 unspecified atom stereocenters. The molecule has 2 aromatic carbocycles. The van der Waals surface area contributed by atoms with E-state index in [2.05, 4.69) is 30.0 Å². The van der Waals surface area contributed by atoms with Gasteiger partial charge in [0.1, 0.15) is 17.9 Å². The molecule has 0 atom stereocenters. The smallest absolute Gasteiger partial charge is 0.419 e. The number of nitrogens with one attached hydrogen (secondary N) is 2. The molecular formula is C23H19F3N6O3S. The van der Waals surface area contributed by atoms with Gasteiger partial charge in [0.05, 0.1) is 19.3 Å². The first-order valence-electron chi connectivity index (χ1n) is 10.5. The van der Waals surface area contributed by atoms with Gasteiger partial charge in [-0.3, -0.25) is 10.1 Å². The Balaban J connectivity index is 1.45. The van der Waals surface area contributed by atoms with E-state index in [1.165, 1.54) is 25.6 Å². The third-order valence-corrected chi connectivity index (χ3v) is 5.39. The molecule has 36 heavy (non-hydrogen) atoms. The van der Waals surface area contributed by atoms with Crippen molar-refractivity contribution in [3.8, 4) is 23.0 Å². The number of carbonyl (C=O) groups is 1. The molecule has 9 nitrogen and oxygen atoms in total. The summed E-state index contributed by atoms with van der Waals surface area (Å²) in [7, 11) is 1.50. The van der Waals surface area contributed by atoms with Crippen LogP contribution in [0.1, 0.15) is 22.8 Å². The van der Waals surface area contributed by atoms with E-state index in [9.17, 15) is 18.0 Å². The number of alkyl halides is 3. The van der Waals surface area contributed by atoms with Crippen LogP contribution in [0.15, 0.2) is 54.9 Å². The van der Waals surface area contributed by atoms with Gasteiger partial charge in [-0.1, -0.05) is 0 Å². The fourth-order valence-corrected chi connectivity index (χ4v) is 3.69. The summed E-state index contributed by atoms with van der Waals surface area (Å²) in [6.45, 7) is 1.70. The number of carbonyl (C=O) groups excluding carboxylic acids is 1. The summed E-state index contributed by atoms with van der Waals surface area (Å²) in [4.78, 5) is 24.8. The zero-order valence-electron chi connectivity index (χ0n) is 19.0. The SMILES string of the molecule is CCOc1ccc(-c2nsc(NC(=O)c3ccc(Nc4cc(OC)ncn4)cc3)n2)cc1C(F)(F)F. The molecule has 1 amide bonds.